The lowest BCUT2D eigenvalue weighted by Crippen LogP contribution is -2.34. The predicted molar refractivity (Wildman–Crippen MR) is 117 cm³/mol. The Labute approximate surface area is 178 Å². The van der Waals surface area contributed by atoms with E-state index in [0.717, 1.165) is 22.9 Å². The predicted octanol–water partition coefficient (Wildman–Crippen LogP) is 6.19. The second kappa shape index (κ2) is 7.64. The van der Waals surface area contributed by atoms with E-state index in [2.05, 4.69) is 48.9 Å². The summed E-state index contributed by atoms with van der Waals surface area (Å²) in [6.45, 7) is 11.0. The number of carbonyl (C=O) groups is 2. The van der Waals surface area contributed by atoms with Gasteiger partial charge < -0.3 is 10.1 Å². The Morgan fingerprint density at radius 3 is 2.43 bits per heavy atom. The van der Waals surface area contributed by atoms with Gasteiger partial charge in [0.25, 0.3) is 5.91 Å². The molecule has 1 amide bonds. The maximum Gasteiger partial charge on any atom is 0.341 e. The standard InChI is InChI=1S/C22H26BrNO3S/c1-6-27-20(26)16-15-11-21(2,3)12-22(4,5)17(15)28-19(16)24-18(25)13-7-9-14(23)10-8-13/h7-10H,6,11-12H2,1-5H3,(H,24,25). The van der Waals surface area contributed by atoms with E-state index >= 15 is 0 Å². The molecular formula is C22H26BrNO3S. The largest absolute Gasteiger partial charge is 0.462 e. The van der Waals surface area contributed by atoms with Crippen LogP contribution in [0.3, 0.4) is 0 Å². The minimum Gasteiger partial charge on any atom is -0.462 e. The van der Waals surface area contributed by atoms with Gasteiger partial charge >= 0.3 is 5.97 Å². The van der Waals surface area contributed by atoms with Gasteiger partial charge in [0.2, 0.25) is 0 Å². The van der Waals surface area contributed by atoms with E-state index in [1.165, 1.54) is 16.2 Å². The number of esters is 1. The third-order valence-electron chi connectivity index (χ3n) is 5.01. The Balaban J connectivity index is 2.06. The van der Waals surface area contributed by atoms with Crippen LogP contribution in [0.4, 0.5) is 5.00 Å². The topological polar surface area (TPSA) is 55.4 Å². The van der Waals surface area contributed by atoms with Crippen molar-refractivity contribution in [3.8, 4) is 0 Å². The van der Waals surface area contributed by atoms with Crippen molar-refractivity contribution in [1.29, 1.82) is 0 Å². The fourth-order valence-electron chi connectivity index (χ4n) is 4.28. The number of hydrogen-bond acceptors (Lipinski definition) is 4. The van der Waals surface area contributed by atoms with Crippen LogP contribution in [0.2, 0.25) is 0 Å². The highest BCUT2D eigenvalue weighted by Gasteiger charge is 2.42. The fraction of sp³-hybridized carbons (Fsp3) is 0.455. The molecule has 1 aromatic heterocycles. The summed E-state index contributed by atoms with van der Waals surface area (Å²) in [6.07, 6.45) is 1.82. The zero-order valence-electron chi connectivity index (χ0n) is 16.9. The first-order chi connectivity index (χ1) is 13.0. The zero-order chi connectivity index (χ0) is 20.7. The lowest BCUT2D eigenvalue weighted by atomic mass is 9.65. The maximum atomic E-state index is 12.8. The van der Waals surface area contributed by atoms with Crippen LogP contribution in [0, 0.1) is 5.41 Å². The molecular weight excluding hydrogens is 438 g/mol. The third-order valence-corrected chi connectivity index (χ3v) is 7.05. The van der Waals surface area contributed by atoms with Gasteiger partial charge in [-0.15, -0.1) is 11.3 Å². The van der Waals surface area contributed by atoms with E-state index in [0.29, 0.717) is 22.7 Å². The summed E-state index contributed by atoms with van der Waals surface area (Å²) in [4.78, 5) is 26.8. The summed E-state index contributed by atoms with van der Waals surface area (Å²) in [5.41, 5.74) is 2.10. The Kier molecular flexibility index (Phi) is 5.74. The van der Waals surface area contributed by atoms with Crippen molar-refractivity contribution >= 4 is 44.1 Å². The van der Waals surface area contributed by atoms with Crippen molar-refractivity contribution < 1.29 is 14.3 Å². The second-order valence-electron chi connectivity index (χ2n) is 8.70. The maximum absolute atomic E-state index is 12.8. The molecule has 0 radical (unpaired) electrons. The molecule has 0 fully saturated rings. The third kappa shape index (κ3) is 4.18. The average Bonchev–Trinajstić information content (AvgIpc) is 2.92. The van der Waals surface area contributed by atoms with E-state index in [-0.39, 0.29) is 22.7 Å². The molecule has 0 bridgehead atoms. The molecule has 6 heteroatoms. The summed E-state index contributed by atoms with van der Waals surface area (Å²) in [7, 11) is 0. The number of fused-ring (bicyclic) bond motifs is 1. The first kappa shape index (κ1) is 21.1. The van der Waals surface area contributed by atoms with E-state index in [4.69, 9.17) is 4.74 Å². The van der Waals surface area contributed by atoms with Crippen LogP contribution in [0.25, 0.3) is 0 Å². The van der Waals surface area contributed by atoms with Gasteiger partial charge in [0, 0.05) is 14.9 Å². The highest BCUT2D eigenvalue weighted by Crippen LogP contribution is 2.52. The summed E-state index contributed by atoms with van der Waals surface area (Å²) < 4.78 is 6.25. The highest BCUT2D eigenvalue weighted by atomic mass is 79.9. The number of ether oxygens (including phenoxy) is 1. The minimum absolute atomic E-state index is 0.0659. The molecule has 1 aliphatic carbocycles. The van der Waals surface area contributed by atoms with Crippen molar-refractivity contribution in [2.24, 2.45) is 5.41 Å². The van der Waals surface area contributed by atoms with Gasteiger partial charge in [-0.2, -0.15) is 0 Å². The summed E-state index contributed by atoms with van der Waals surface area (Å²) in [5, 5.41) is 3.56. The van der Waals surface area contributed by atoms with Crippen LogP contribution < -0.4 is 5.32 Å². The molecule has 0 saturated carbocycles. The first-order valence-corrected chi connectivity index (χ1v) is 11.1. The number of benzene rings is 1. The van der Waals surface area contributed by atoms with E-state index in [1.54, 1.807) is 19.1 Å². The highest BCUT2D eigenvalue weighted by molar-refractivity contribution is 9.10. The number of halogens is 1. The number of amides is 1. The molecule has 1 N–H and O–H groups in total. The molecule has 1 aromatic carbocycles. The Hall–Kier alpha value is -1.66. The number of rotatable bonds is 4. The zero-order valence-corrected chi connectivity index (χ0v) is 19.3. The summed E-state index contributed by atoms with van der Waals surface area (Å²) in [6, 6.07) is 7.16. The van der Waals surface area contributed by atoms with Crippen molar-refractivity contribution in [3.05, 3.63) is 50.3 Å². The van der Waals surface area contributed by atoms with Gasteiger partial charge in [-0.05, 0) is 60.4 Å². The number of anilines is 1. The van der Waals surface area contributed by atoms with Gasteiger partial charge in [-0.1, -0.05) is 43.6 Å². The molecule has 150 valence electrons. The van der Waals surface area contributed by atoms with Crippen LogP contribution in [-0.4, -0.2) is 18.5 Å². The number of carbonyl (C=O) groups excluding carboxylic acids is 2. The molecule has 0 spiro atoms. The number of nitrogens with one attached hydrogen (secondary N) is 1. The van der Waals surface area contributed by atoms with Crippen molar-refractivity contribution in [2.45, 2.75) is 52.9 Å². The normalized spacial score (nSPS) is 16.9. The molecule has 1 aliphatic rings. The minimum atomic E-state index is -0.361. The van der Waals surface area contributed by atoms with Gasteiger partial charge in [-0.3, -0.25) is 4.79 Å². The summed E-state index contributed by atoms with van der Waals surface area (Å²) >= 11 is 4.89. The van der Waals surface area contributed by atoms with Crippen LogP contribution in [0.1, 0.15) is 72.2 Å². The van der Waals surface area contributed by atoms with E-state index in [9.17, 15) is 9.59 Å². The molecule has 0 aliphatic heterocycles. The number of thiophene rings is 1. The quantitative estimate of drug-likeness (QED) is 0.549. The average molecular weight is 464 g/mol. The Morgan fingerprint density at radius 1 is 1.18 bits per heavy atom. The van der Waals surface area contributed by atoms with Crippen LogP contribution in [0.5, 0.6) is 0 Å². The smallest absolute Gasteiger partial charge is 0.341 e. The van der Waals surface area contributed by atoms with Gasteiger partial charge in [0.1, 0.15) is 5.00 Å². The van der Waals surface area contributed by atoms with Crippen LogP contribution in [-0.2, 0) is 16.6 Å². The van der Waals surface area contributed by atoms with Crippen molar-refractivity contribution in [1.82, 2.24) is 0 Å². The second-order valence-corrected chi connectivity index (χ2v) is 10.6. The molecule has 0 atom stereocenters. The van der Waals surface area contributed by atoms with Gasteiger partial charge in [0.15, 0.2) is 0 Å². The van der Waals surface area contributed by atoms with E-state index < -0.39 is 0 Å². The fourth-order valence-corrected chi connectivity index (χ4v) is 5.85. The molecule has 28 heavy (non-hydrogen) atoms. The number of hydrogen-bond donors (Lipinski definition) is 1. The van der Waals surface area contributed by atoms with Gasteiger partial charge in [0.05, 0.1) is 12.2 Å². The van der Waals surface area contributed by atoms with Crippen molar-refractivity contribution in [2.75, 3.05) is 11.9 Å². The van der Waals surface area contributed by atoms with Crippen LogP contribution >= 0.6 is 27.3 Å². The molecule has 3 rings (SSSR count). The Bertz CT molecular complexity index is 913. The molecule has 0 unspecified atom stereocenters. The SMILES string of the molecule is CCOC(=O)c1c(NC(=O)c2ccc(Br)cc2)sc2c1CC(C)(C)CC2(C)C. The van der Waals surface area contributed by atoms with E-state index in [1.807, 2.05) is 12.1 Å². The molecule has 2 aromatic rings. The monoisotopic (exact) mass is 463 g/mol. The van der Waals surface area contributed by atoms with Gasteiger partial charge in [-0.25, -0.2) is 4.79 Å². The van der Waals surface area contributed by atoms with Crippen LogP contribution in [0.15, 0.2) is 28.7 Å². The molecule has 1 heterocycles. The van der Waals surface area contributed by atoms with Crippen molar-refractivity contribution in [3.63, 3.8) is 0 Å². The summed E-state index contributed by atoms with van der Waals surface area (Å²) in [5.74, 6) is -0.590. The lowest BCUT2D eigenvalue weighted by Gasteiger charge is -2.40. The Morgan fingerprint density at radius 2 is 1.82 bits per heavy atom. The molecule has 4 nitrogen and oxygen atoms in total. The molecule has 0 saturated heterocycles. The lowest BCUT2D eigenvalue weighted by molar-refractivity contribution is 0.0525. The first-order valence-electron chi connectivity index (χ1n) is 9.44.